The SMILES string of the molecule is COc1ccc(NC(=O)C/C(C)=N\NC(=O)[C@@H](OC)c2ccccc2)cc1. The number of ether oxygens (including phenoxy) is 2. The van der Waals surface area contributed by atoms with Gasteiger partial charge in [-0.1, -0.05) is 30.3 Å². The Labute approximate surface area is 158 Å². The van der Waals surface area contributed by atoms with Gasteiger partial charge in [0.1, 0.15) is 5.75 Å². The third-order valence-corrected chi connectivity index (χ3v) is 3.72. The number of carbonyl (C=O) groups is 2. The van der Waals surface area contributed by atoms with Crippen molar-refractivity contribution in [1.29, 1.82) is 0 Å². The first-order valence-corrected chi connectivity index (χ1v) is 8.38. The highest BCUT2D eigenvalue weighted by Gasteiger charge is 2.19. The summed E-state index contributed by atoms with van der Waals surface area (Å²) in [4.78, 5) is 24.3. The molecule has 7 nitrogen and oxygen atoms in total. The molecule has 2 amide bonds. The van der Waals surface area contributed by atoms with Crippen molar-refractivity contribution < 1.29 is 19.1 Å². The second kappa shape index (κ2) is 10.1. The zero-order chi connectivity index (χ0) is 19.6. The zero-order valence-electron chi connectivity index (χ0n) is 15.6. The van der Waals surface area contributed by atoms with E-state index >= 15 is 0 Å². The van der Waals surface area contributed by atoms with Crippen LogP contribution in [0.5, 0.6) is 5.75 Å². The van der Waals surface area contributed by atoms with Gasteiger partial charge in [0.2, 0.25) is 5.91 Å². The fraction of sp³-hybridized carbons (Fsp3) is 0.250. The average molecular weight is 369 g/mol. The van der Waals surface area contributed by atoms with Crippen LogP contribution in [0.4, 0.5) is 5.69 Å². The van der Waals surface area contributed by atoms with Gasteiger partial charge in [0.25, 0.3) is 5.91 Å². The van der Waals surface area contributed by atoms with Crippen molar-refractivity contribution in [3.8, 4) is 5.75 Å². The maximum absolute atomic E-state index is 12.3. The number of amides is 2. The summed E-state index contributed by atoms with van der Waals surface area (Å²) in [5, 5.41) is 6.74. The van der Waals surface area contributed by atoms with E-state index in [2.05, 4.69) is 15.8 Å². The maximum atomic E-state index is 12.3. The molecule has 0 heterocycles. The van der Waals surface area contributed by atoms with Gasteiger partial charge >= 0.3 is 0 Å². The van der Waals surface area contributed by atoms with E-state index < -0.39 is 12.0 Å². The molecule has 0 unspecified atom stereocenters. The molecular weight excluding hydrogens is 346 g/mol. The van der Waals surface area contributed by atoms with Gasteiger partial charge in [-0.15, -0.1) is 0 Å². The van der Waals surface area contributed by atoms with E-state index in [1.807, 2.05) is 18.2 Å². The normalized spacial score (nSPS) is 12.2. The summed E-state index contributed by atoms with van der Waals surface area (Å²) in [6.07, 6.45) is -0.717. The summed E-state index contributed by atoms with van der Waals surface area (Å²) in [7, 11) is 3.03. The first kappa shape index (κ1) is 20.1. The predicted octanol–water partition coefficient (Wildman–Crippen LogP) is 2.90. The van der Waals surface area contributed by atoms with Crippen molar-refractivity contribution in [2.24, 2.45) is 5.10 Å². The summed E-state index contributed by atoms with van der Waals surface area (Å²) in [5.41, 5.74) is 4.29. The van der Waals surface area contributed by atoms with E-state index in [9.17, 15) is 9.59 Å². The van der Waals surface area contributed by atoms with Gasteiger partial charge in [-0.3, -0.25) is 9.59 Å². The average Bonchev–Trinajstić information content (AvgIpc) is 2.68. The van der Waals surface area contributed by atoms with Crippen LogP contribution in [-0.2, 0) is 14.3 Å². The number of hydrogen-bond donors (Lipinski definition) is 2. The summed E-state index contributed by atoms with van der Waals surface area (Å²) in [6.45, 7) is 1.66. The number of hydrazone groups is 1. The summed E-state index contributed by atoms with van der Waals surface area (Å²) in [6, 6.07) is 16.1. The highest BCUT2D eigenvalue weighted by molar-refractivity contribution is 6.05. The summed E-state index contributed by atoms with van der Waals surface area (Å²) in [5.74, 6) is 0.0696. The number of hydrogen-bond acceptors (Lipinski definition) is 5. The van der Waals surface area contributed by atoms with Gasteiger partial charge in [-0.05, 0) is 36.8 Å². The molecule has 0 saturated carbocycles. The highest BCUT2D eigenvalue weighted by atomic mass is 16.5. The van der Waals surface area contributed by atoms with E-state index in [1.54, 1.807) is 50.4 Å². The third kappa shape index (κ3) is 6.23. The molecule has 2 aromatic carbocycles. The Morgan fingerprint density at radius 2 is 1.70 bits per heavy atom. The smallest absolute Gasteiger partial charge is 0.273 e. The van der Waals surface area contributed by atoms with Crippen molar-refractivity contribution in [2.45, 2.75) is 19.4 Å². The number of carbonyl (C=O) groups excluding carboxylic acids is 2. The Balaban J connectivity index is 1.88. The van der Waals surface area contributed by atoms with Gasteiger partial charge in [0.05, 0.1) is 13.5 Å². The van der Waals surface area contributed by atoms with Crippen LogP contribution >= 0.6 is 0 Å². The second-order valence-electron chi connectivity index (χ2n) is 5.80. The zero-order valence-corrected chi connectivity index (χ0v) is 15.6. The molecule has 7 heteroatoms. The third-order valence-electron chi connectivity index (χ3n) is 3.72. The van der Waals surface area contributed by atoms with Gasteiger partial charge in [0, 0.05) is 18.5 Å². The molecule has 0 aliphatic heterocycles. The Morgan fingerprint density at radius 1 is 1.04 bits per heavy atom. The first-order valence-electron chi connectivity index (χ1n) is 8.38. The second-order valence-corrected chi connectivity index (χ2v) is 5.80. The quantitative estimate of drug-likeness (QED) is 0.553. The van der Waals surface area contributed by atoms with Crippen LogP contribution in [0.1, 0.15) is 25.0 Å². The van der Waals surface area contributed by atoms with Crippen molar-refractivity contribution >= 4 is 23.2 Å². The van der Waals surface area contributed by atoms with Crippen molar-refractivity contribution in [2.75, 3.05) is 19.5 Å². The summed E-state index contributed by atoms with van der Waals surface area (Å²) >= 11 is 0. The minimum Gasteiger partial charge on any atom is -0.497 e. The van der Waals surface area contributed by atoms with E-state index in [1.165, 1.54) is 7.11 Å². The fourth-order valence-electron chi connectivity index (χ4n) is 2.38. The Hall–Kier alpha value is -3.19. The maximum Gasteiger partial charge on any atom is 0.273 e. The number of methoxy groups -OCH3 is 2. The van der Waals surface area contributed by atoms with Crippen LogP contribution in [0.25, 0.3) is 0 Å². The monoisotopic (exact) mass is 369 g/mol. The standard InChI is InChI=1S/C20H23N3O4/c1-14(13-18(24)21-16-9-11-17(26-2)12-10-16)22-23-20(25)19(27-3)15-7-5-4-6-8-15/h4-12,19H,13H2,1-3H3,(H,21,24)(H,23,25)/b22-14-/t19-/m0/s1. The molecule has 2 aromatic rings. The van der Waals surface area contributed by atoms with Gasteiger partial charge in [-0.25, -0.2) is 5.43 Å². The van der Waals surface area contributed by atoms with Crippen LogP contribution in [0.15, 0.2) is 59.7 Å². The lowest BCUT2D eigenvalue weighted by molar-refractivity contribution is -0.131. The minimum atomic E-state index is -0.768. The van der Waals surface area contributed by atoms with Crippen LogP contribution < -0.4 is 15.5 Å². The molecule has 0 radical (unpaired) electrons. The molecule has 0 fully saturated rings. The van der Waals surface area contributed by atoms with E-state index in [4.69, 9.17) is 9.47 Å². The van der Waals surface area contributed by atoms with E-state index in [0.29, 0.717) is 17.1 Å². The highest BCUT2D eigenvalue weighted by Crippen LogP contribution is 2.16. The topological polar surface area (TPSA) is 89.0 Å². The largest absolute Gasteiger partial charge is 0.497 e. The molecule has 0 aliphatic rings. The number of nitrogens with zero attached hydrogens (tertiary/aromatic N) is 1. The minimum absolute atomic E-state index is 0.0509. The van der Waals surface area contributed by atoms with Gasteiger partial charge in [0.15, 0.2) is 6.10 Å². The van der Waals surface area contributed by atoms with E-state index in [-0.39, 0.29) is 12.3 Å². The van der Waals surface area contributed by atoms with Crippen LogP contribution in [0.2, 0.25) is 0 Å². The van der Waals surface area contributed by atoms with Gasteiger partial charge in [-0.2, -0.15) is 5.10 Å². The lowest BCUT2D eigenvalue weighted by Crippen LogP contribution is -2.28. The molecular formula is C20H23N3O4. The molecule has 0 bridgehead atoms. The number of anilines is 1. The molecule has 0 aromatic heterocycles. The fourth-order valence-corrected chi connectivity index (χ4v) is 2.38. The Kier molecular flexibility index (Phi) is 7.51. The molecule has 2 N–H and O–H groups in total. The van der Waals surface area contributed by atoms with Crippen LogP contribution in [0, 0.1) is 0 Å². The van der Waals surface area contributed by atoms with Crippen molar-refractivity contribution in [3.63, 3.8) is 0 Å². The van der Waals surface area contributed by atoms with E-state index in [0.717, 1.165) is 5.56 Å². The lowest BCUT2D eigenvalue weighted by atomic mass is 10.1. The molecule has 27 heavy (non-hydrogen) atoms. The predicted molar refractivity (Wildman–Crippen MR) is 104 cm³/mol. The lowest BCUT2D eigenvalue weighted by Gasteiger charge is -2.14. The number of nitrogens with one attached hydrogen (secondary N) is 2. The molecule has 1 atom stereocenters. The molecule has 0 spiro atoms. The number of benzene rings is 2. The van der Waals surface area contributed by atoms with Crippen molar-refractivity contribution in [3.05, 3.63) is 60.2 Å². The molecule has 0 aliphatic carbocycles. The molecule has 142 valence electrons. The van der Waals surface area contributed by atoms with Crippen molar-refractivity contribution in [1.82, 2.24) is 5.43 Å². The molecule has 2 rings (SSSR count). The van der Waals surface area contributed by atoms with Crippen LogP contribution in [-0.4, -0.2) is 31.7 Å². The molecule has 0 saturated heterocycles. The first-order chi connectivity index (χ1) is 13.0. The Morgan fingerprint density at radius 3 is 2.30 bits per heavy atom. The Bertz CT molecular complexity index is 789. The van der Waals surface area contributed by atoms with Crippen LogP contribution in [0.3, 0.4) is 0 Å². The number of rotatable bonds is 8. The summed E-state index contributed by atoms with van der Waals surface area (Å²) < 4.78 is 10.3. The van der Waals surface area contributed by atoms with Gasteiger partial charge < -0.3 is 14.8 Å².